The summed E-state index contributed by atoms with van der Waals surface area (Å²) in [6.07, 6.45) is 6.99. The van der Waals surface area contributed by atoms with Gasteiger partial charge in [0.25, 0.3) is 0 Å². The van der Waals surface area contributed by atoms with Crippen LogP contribution in [-0.4, -0.2) is 23.2 Å². The fourth-order valence-corrected chi connectivity index (χ4v) is 6.53. The predicted octanol–water partition coefficient (Wildman–Crippen LogP) is 3.83. The van der Waals surface area contributed by atoms with Gasteiger partial charge < -0.3 is 5.11 Å². The number of carbonyl (C=O) groups is 1. The lowest BCUT2D eigenvalue weighted by Crippen LogP contribution is -2.51. The monoisotopic (exact) mass is 306 g/mol. The number of hydrogen-bond acceptors (Lipinski definition) is 2. The molecule has 0 aromatic carbocycles. The van der Waals surface area contributed by atoms with Crippen LogP contribution in [-0.2, 0) is 4.79 Å². The van der Waals surface area contributed by atoms with Gasteiger partial charge in [-0.25, -0.2) is 4.39 Å². The number of aliphatic hydroxyl groups is 1. The number of ketones is 1. The van der Waals surface area contributed by atoms with Crippen LogP contribution in [0.2, 0.25) is 0 Å². The van der Waals surface area contributed by atoms with E-state index in [1.807, 2.05) is 6.92 Å². The Balaban J connectivity index is 1.72. The first-order valence-electron chi connectivity index (χ1n) is 8.95. The minimum atomic E-state index is -1.25. The number of carbonyl (C=O) groups excluding carboxylic acids is 1. The molecular weight excluding hydrogens is 279 g/mol. The Kier molecular flexibility index (Phi) is 3.15. The van der Waals surface area contributed by atoms with Crippen LogP contribution in [0.1, 0.15) is 58.8 Å². The van der Waals surface area contributed by atoms with Gasteiger partial charge in [-0.15, -0.1) is 0 Å². The highest BCUT2D eigenvalue weighted by molar-refractivity contribution is 5.91. The second-order valence-electron chi connectivity index (χ2n) is 8.62. The first-order valence-corrected chi connectivity index (χ1v) is 8.95. The molecule has 0 aromatic rings. The number of Topliss-reactive ketones (excluding diaryl/α,β-unsaturated/α-hetero) is 1. The second-order valence-corrected chi connectivity index (χ2v) is 8.62. The van der Waals surface area contributed by atoms with Gasteiger partial charge in [-0.3, -0.25) is 4.79 Å². The maximum Gasteiger partial charge on any atom is 0.173 e. The molecule has 0 saturated heterocycles. The molecule has 22 heavy (non-hydrogen) atoms. The summed E-state index contributed by atoms with van der Waals surface area (Å²) in [7, 11) is 0. The van der Waals surface area contributed by atoms with Gasteiger partial charge in [-0.2, -0.15) is 0 Å². The van der Waals surface area contributed by atoms with Gasteiger partial charge in [-0.1, -0.05) is 19.9 Å². The summed E-state index contributed by atoms with van der Waals surface area (Å²) in [6.45, 7) is 4.32. The zero-order valence-corrected chi connectivity index (χ0v) is 13.6. The van der Waals surface area contributed by atoms with Crippen LogP contribution in [0.25, 0.3) is 0 Å². The topological polar surface area (TPSA) is 37.3 Å². The summed E-state index contributed by atoms with van der Waals surface area (Å²) >= 11 is 0. The predicted molar refractivity (Wildman–Crippen MR) is 83.0 cm³/mol. The standard InChI is InChI=1S/C19H27FO2/c1-18-8-3-4-16(21)13(18)6-5-11-12(18)7-9-19(2)14(11)10-15(20)17(19)22/h6,11-12,14-16,21H,3-5,7-10H2,1-2H3/t11-,12+,14+,15-,16+,18-,19+/m1/s1. The van der Waals surface area contributed by atoms with E-state index in [4.69, 9.17) is 0 Å². The van der Waals surface area contributed by atoms with Crippen LogP contribution in [0.4, 0.5) is 4.39 Å². The van der Waals surface area contributed by atoms with Gasteiger partial charge in [0, 0.05) is 5.41 Å². The minimum Gasteiger partial charge on any atom is -0.389 e. The molecule has 4 rings (SSSR count). The molecule has 3 heteroatoms. The lowest BCUT2D eigenvalue weighted by Gasteiger charge is -2.56. The number of allylic oxidation sites excluding steroid dienone is 1. The molecule has 0 unspecified atom stereocenters. The van der Waals surface area contributed by atoms with E-state index in [2.05, 4.69) is 13.0 Å². The average Bonchev–Trinajstić information content (AvgIpc) is 2.71. The zero-order chi connectivity index (χ0) is 15.7. The van der Waals surface area contributed by atoms with Crippen LogP contribution in [0.15, 0.2) is 11.6 Å². The molecule has 4 aliphatic rings. The van der Waals surface area contributed by atoms with Gasteiger partial charge in [0.2, 0.25) is 0 Å². The van der Waals surface area contributed by atoms with Gasteiger partial charge in [-0.05, 0) is 73.7 Å². The summed E-state index contributed by atoms with van der Waals surface area (Å²) in [4.78, 5) is 12.3. The molecule has 0 heterocycles. The first kappa shape index (κ1) is 14.9. The molecule has 3 fully saturated rings. The van der Waals surface area contributed by atoms with Crippen molar-refractivity contribution in [1.29, 1.82) is 0 Å². The molecular formula is C19H27FO2. The summed E-state index contributed by atoms with van der Waals surface area (Å²) in [5.41, 5.74) is 0.874. The van der Waals surface area contributed by atoms with Gasteiger partial charge in [0.15, 0.2) is 12.0 Å². The SMILES string of the molecule is C[C@]12CCC[C@H](O)C1=CC[C@@H]1[C@@H]2CC[C@]2(C)C(=O)[C@H](F)C[C@@H]12. The lowest BCUT2D eigenvalue weighted by molar-refractivity contribution is -0.134. The van der Waals surface area contributed by atoms with Crippen molar-refractivity contribution in [3.05, 3.63) is 11.6 Å². The van der Waals surface area contributed by atoms with E-state index in [9.17, 15) is 14.3 Å². The maximum absolute atomic E-state index is 14.1. The van der Waals surface area contributed by atoms with Crippen molar-refractivity contribution in [3.63, 3.8) is 0 Å². The Hall–Kier alpha value is -0.700. The van der Waals surface area contributed by atoms with Gasteiger partial charge in [0.1, 0.15) is 0 Å². The molecule has 0 bridgehead atoms. The maximum atomic E-state index is 14.1. The third-order valence-corrected chi connectivity index (χ3v) is 7.76. The smallest absolute Gasteiger partial charge is 0.173 e. The number of rotatable bonds is 0. The number of alkyl halides is 1. The van der Waals surface area contributed by atoms with Crippen molar-refractivity contribution in [2.24, 2.45) is 28.6 Å². The molecule has 0 amide bonds. The molecule has 2 nitrogen and oxygen atoms in total. The van der Waals surface area contributed by atoms with Crippen molar-refractivity contribution in [1.82, 2.24) is 0 Å². The van der Waals surface area contributed by atoms with Crippen LogP contribution < -0.4 is 0 Å². The fraction of sp³-hybridized carbons (Fsp3) is 0.842. The Morgan fingerprint density at radius 1 is 1.18 bits per heavy atom. The second kappa shape index (κ2) is 4.66. The van der Waals surface area contributed by atoms with E-state index in [-0.39, 0.29) is 23.2 Å². The van der Waals surface area contributed by atoms with Crippen LogP contribution in [0.3, 0.4) is 0 Å². The quantitative estimate of drug-likeness (QED) is 0.691. The Labute approximate surface area is 132 Å². The summed E-state index contributed by atoms with van der Waals surface area (Å²) < 4.78 is 14.1. The third-order valence-electron chi connectivity index (χ3n) is 7.76. The highest BCUT2D eigenvalue weighted by Crippen LogP contribution is 2.64. The molecule has 0 aromatic heterocycles. The van der Waals surface area contributed by atoms with E-state index in [0.29, 0.717) is 18.3 Å². The molecule has 0 aliphatic heterocycles. The van der Waals surface area contributed by atoms with E-state index >= 15 is 0 Å². The Bertz CT molecular complexity index is 542. The molecule has 122 valence electrons. The van der Waals surface area contributed by atoms with E-state index in [1.165, 1.54) is 5.57 Å². The molecule has 7 atom stereocenters. The summed E-state index contributed by atoms with van der Waals surface area (Å²) in [6, 6.07) is 0. The summed E-state index contributed by atoms with van der Waals surface area (Å²) in [5, 5.41) is 10.4. The number of halogens is 1. The lowest BCUT2D eigenvalue weighted by atomic mass is 9.48. The van der Waals surface area contributed by atoms with E-state index < -0.39 is 11.6 Å². The van der Waals surface area contributed by atoms with Gasteiger partial charge in [0.05, 0.1) is 6.10 Å². The molecule has 1 N–H and O–H groups in total. The molecule has 0 radical (unpaired) electrons. The molecule has 3 saturated carbocycles. The third kappa shape index (κ3) is 1.72. The minimum absolute atomic E-state index is 0.0688. The van der Waals surface area contributed by atoms with E-state index in [1.54, 1.807) is 0 Å². The first-order chi connectivity index (χ1) is 10.4. The molecule has 0 spiro atoms. The highest BCUT2D eigenvalue weighted by Gasteiger charge is 2.61. The van der Waals surface area contributed by atoms with Crippen molar-refractivity contribution >= 4 is 5.78 Å². The van der Waals surface area contributed by atoms with Gasteiger partial charge >= 0.3 is 0 Å². The largest absolute Gasteiger partial charge is 0.389 e. The normalized spacial score (nSPS) is 54.3. The number of aliphatic hydroxyl groups excluding tert-OH is 1. The Morgan fingerprint density at radius 2 is 1.95 bits per heavy atom. The van der Waals surface area contributed by atoms with Crippen molar-refractivity contribution in [3.8, 4) is 0 Å². The van der Waals surface area contributed by atoms with Crippen LogP contribution >= 0.6 is 0 Å². The van der Waals surface area contributed by atoms with Crippen LogP contribution in [0, 0.1) is 28.6 Å². The van der Waals surface area contributed by atoms with Crippen molar-refractivity contribution < 1.29 is 14.3 Å². The van der Waals surface area contributed by atoms with Crippen LogP contribution in [0.5, 0.6) is 0 Å². The Morgan fingerprint density at radius 3 is 2.73 bits per heavy atom. The number of fused-ring (bicyclic) bond motifs is 5. The summed E-state index contributed by atoms with van der Waals surface area (Å²) in [5.74, 6) is 0.989. The van der Waals surface area contributed by atoms with Crippen molar-refractivity contribution in [2.75, 3.05) is 0 Å². The highest BCUT2D eigenvalue weighted by atomic mass is 19.1. The van der Waals surface area contributed by atoms with Crippen molar-refractivity contribution in [2.45, 2.75) is 71.1 Å². The van der Waals surface area contributed by atoms with E-state index in [0.717, 1.165) is 38.5 Å². The zero-order valence-electron chi connectivity index (χ0n) is 13.6. The molecule has 4 aliphatic carbocycles. The average molecular weight is 306 g/mol. The number of hydrogen-bond donors (Lipinski definition) is 1. The fourth-order valence-electron chi connectivity index (χ4n) is 6.53.